The third kappa shape index (κ3) is 2.83. The maximum absolute atomic E-state index is 12.2. The number of carbonyl (C=O) groups excluding carboxylic acids is 1. The van der Waals surface area contributed by atoms with Gasteiger partial charge in [-0.1, -0.05) is 27.5 Å². The quantitative estimate of drug-likeness (QED) is 0.794. The molecule has 2 aromatic rings. The molecular weight excluding hydrogens is 319 g/mol. The van der Waals surface area contributed by atoms with Gasteiger partial charge >= 0.3 is 0 Å². The van der Waals surface area contributed by atoms with E-state index < -0.39 is 0 Å². The van der Waals surface area contributed by atoms with Gasteiger partial charge in [-0.05, 0) is 30.3 Å². The second-order valence-corrected chi connectivity index (χ2v) is 4.98. The number of methoxy groups -OCH3 is 1. The van der Waals surface area contributed by atoms with Gasteiger partial charge in [0.2, 0.25) is 5.78 Å². The van der Waals surface area contributed by atoms with Crippen LogP contribution in [-0.4, -0.2) is 12.9 Å². The Morgan fingerprint density at radius 2 is 2.17 bits per heavy atom. The summed E-state index contributed by atoms with van der Waals surface area (Å²) >= 11 is 9.32. The van der Waals surface area contributed by atoms with Crippen LogP contribution >= 0.6 is 27.5 Å². The Hall–Kier alpha value is -1.10. The van der Waals surface area contributed by atoms with Crippen LogP contribution in [-0.2, 0) is 11.3 Å². The summed E-state index contributed by atoms with van der Waals surface area (Å²) in [4.78, 5) is 12.2. The van der Waals surface area contributed by atoms with Crippen LogP contribution in [0.2, 0.25) is 5.02 Å². The molecule has 1 aromatic carbocycles. The van der Waals surface area contributed by atoms with Gasteiger partial charge in [0.1, 0.15) is 12.4 Å². The minimum atomic E-state index is -0.241. The topological polar surface area (TPSA) is 39.4 Å². The van der Waals surface area contributed by atoms with Crippen molar-refractivity contribution in [1.82, 2.24) is 0 Å². The van der Waals surface area contributed by atoms with Gasteiger partial charge in [-0.15, -0.1) is 0 Å². The van der Waals surface area contributed by atoms with Gasteiger partial charge in [0.25, 0.3) is 0 Å². The lowest BCUT2D eigenvalue weighted by atomic mass is 10.1. The molecule has 5 heteroatoms. The number of hydrogen-bond acceptors (Lipinski definition) is 3. The van der Waals surface area contributed by atoms with Crippen LogP contribution in [0.3, 0.4) is 0 Å². The van der Waals surface area contributed by atoms with Crippen LogP contribution in [0.25, 0.3) is 0 Å². The number of carbonyl (C=O) groups is 1. The molecule has 0 spiro atoms. The lowest BCUT2D eigenvalue weighted by molar-refractivity contribution is 0.1000. The van der Waals surface area contributed by atoms with E-state index in [-0.39, 0.29) is 11.5 Å². The highest BCUT2D eigenvalue weighted by atomic mass is 79.9. The average molecular weight is 330 g/mol. The Labute approximate surface area is 118 Å². The Morgan fingerprint density at radius 3 is 2.83 bits per heavy atom. The van der Waals surface area contributed by atoms with Crippen molar-refractivity contribution in [3.8, 4) is 0 Å². The molecule has 0 amide bonds. The summed E-state index contributed by atoms with van der Waals surface area (Å²) in [6, 6.07) is 8.43. The number of rotatable bonds is 4. The van der Waals surface area contributed by atoms with Crippen LogP contribution in [0.4, 0.5) is 0 Å². The van der Waals surface area contributed by atoms with Gasteiger partial charge in [0, 0.05) is 17.1 Å². The third-order valence-electron chi connectivity index (χ3n) is 2.35. The summed E-state index contributed by atoms with van der Waals surface area (Å²) in [6.45, 7) is 0.335. The van der Waals surface area contributed by atoms with E-state index >= 15 is 0 Å². The zero-order chi connectivity index (χ0) is 13.1. The van der Waals surface area contributed by atoms with E-state index in [1.165, 1.54) is 0 Å². The number of hydrogen-bond donors (Lipinski definition) is 0. The van der Waals surface area contributed by atoms with Crippen molar-refractivity contribution in [3.05, 3.63) is 56.9 Å². The summed E-state index contributed by atoms with van der Waals surface area (Å²) in [6.07, 6.45) is 0. The van der Waals surface area contributed by atoms with Gasteiger partial charge in [-0.3, -0.25) is 4.79 Å². The Morgan fingerprint density at radius 1 is 1.39 bits per heavy atom. The number of benzene rings is 1. The molecule has 0 fully saturated rings. The average Bonchev–Trinajstić information content (AvgIpc) is 2.77. The summed E-state index contributed by atoms with van der Waals surface area (Å²) in [7, 11) is 1.57. The van der Waals surface area contributed by atoms with Crippen LogP contribution in [0.15, 0.2) is 39.2 Å². The molecule has 0 saturated carbocycles. The van der Waals surface area contributed by atoms with E-state index in [2.05, 4.69) is 15.9 Å². The Balaban J connectivity index is 2.29. The highest BCUT2D eigenvalue weighted by Crippen LogP contribution is 2.24. The summed E-state index contributed by atoms with van der Waals surface area (Å²) in [5, 5.41) is 0.388. The third-order valence-corrected chi connectivity index (χ3v) is 3.15. The number of halogens is 2. The van der Waals surface area contributed by atoms with E-state index in [0.29, 0.717) is 23.0 Å². The van der Waals surface area contributed by atoms with Gasteiger partial charge in [-0.2, -0.15) is 0 Å². The predicted octanol–water partition coefficient (Wildman–Crippen LogP) is 4.07. The highest BCUT2D eigenvalue weighted by Gasteiger charge is 2.16. The smallest absolute Gasteiger partial charge is 0.229 e. The predicted molar refractivity (Wildman–Crippen MR) is 72.0 cm³/mol. The minimum absolute atomic E-state index is 0.241. The fraction of sp³-hybridized carbons (Fsp3) is 0.154. The summed E-state index contributed by atoms with van der Waals surface area (Å²) in [5.74, 6) is 0.621. The minimum Gasteiger partial charge on any atom is -0.455 e. The number of ether oxygens (including phenoxy) is 1. The summed E-state index contributed by atoms with van der Waals surface area (Å²) in [5.41, 5.74) is 0.415. The molecule has 18 heavy (non-hydrogen) atoms. The van der Waals surface area contributed by atoms with Crippen LogP contribution in [0.1, 0.15) is 21.9 Å². The molecular formula is C13H10BrClO3. The molecule has 0 atom stereocenters. The van der Waals surface area contributed by atoms with Crippen LogP contribution in [0.5, 0.6) is 0 Å². The van der Waals surface area contributed by atoms with Gasteiger partial charge < -0.3 is 9.15 Å². The van der Waals surface area contributed by atoms with E-state index in [9.17, 15) is 4.79 Å². The van der Waals surface area contributed by atoms with Gasteiger partial charge in [0.05, 0.1) is 5.02 Å². The van der Waals surface area contributed by atoms with Crippen molar-refractivity contribution in [2.75, 3.05) is 7.11 Å². The van der Waals surface area contributed by atoms with Crippen LogP contribution < -0.4 is 0 Å². The first kappa shape index (κ1) is 13.3. The van der Waals surface area contributed by atoms with Crippen molar-refractivity contribution in [2.24, 2.45) is 0 Å². The summed E-state index contributed by atoms with van der Waals surface area (Å²) < 4.78 is 11.1. The van der Waals surface area contributed by atoms with Gasteiger partial charge in [-0.25, -0.2) is 0 Å². The zero-order valence-corrected chi connectivity index (χ0v) is 11.9. The van der Waals surface area contributed by atoms with Crippen molar-refractivity contribution in [2.45, 2.75) is 6.61 Å². The molecule has 1 aromatic heterocycles. The van der Waals surface area contributed by atoms with E-state index in [1.807, 2.05) is 0 Å². The molecule has 0 saturated heterocycles. The maximum Gasteiger partial charge on any atom is 0.229 e. The second kappa shape index (κ2) is 5.69. The molecule has 0 unspecified atom stereocenters. The first-order chi connectivity index (χ1) is 8.61. The number of furan rings is 1. The molecule has 0 N–H and O–H groups in total. The molecule has 2 rings (SSSR count). The Kier molecular flexibility index (Phi) is 4.22. The van der Waals surface area contributed by atoms with E-state index in [0.717, 1.165) is 4.47 Å². The fourth-order valence-electron chi connectivity index (χ4n) is 1.53. The van der Waals surface area contributed by atoms with E-state index in [1.54, 1.807) is 37.4 Å². The lowest BCUT2D eigenvalue weighted by Crippen LogP contribution is -2.00. The first-order valence-electron chi connectivity index (χ1n) is 5.19. The van der Waals surface area contributed by atoms with Gasteiger partial charge in [0.15, 0.2) is 5.76 Å². The molecule has 94 valence electrons. The molecule has 0 aliphatic rings. The largest absolute Gasteiger partial charge is 0.455 e. The molecule has 0 bridgehead atoms. The monoisotopic (exact) mass is 328 g/mol. The lowest BCUT2D eigenvalue weighted by Gasteiger charge is -2.01. The maximum atomic E-state index is 12.2. The SMILES string of the molecule is COCc1ccc(C(=O)c2ccc(Br)cc2Cl)o1. The molecule has 0 aliphatic heterocycles. The fourth-order valence-corrected chi connectivity index (χ4v) is 2.29. The van der Waals surface area contributed by atoms with E-state index in [4.69, 9.17) is 20.8 Å². The first-order valence-corrected chi connectivity index (χ1v) is 6.36. The van der Waals surface area contributed by atoms with Crippen LogP contribution in [0, 0.1) is 0 Å². The van der Waals surface area contributed by atoms with Crippen molar-refractivity contribution in [1.29, 1.82) is 0 Å². The Bertz CT molecular complexity index is 577. The van der Waals surface area contributed by atoms with Crippen molar-refractivity contribution in [3.63, 3.8) is 0 Å². The molecule has 3 nitrogen and oxygen atoms in total. The molecule has 0 radical (unpaired) electrons. The zero-order valence-electron chi connectivity index (χ0n) is 9.57. The second-order valence-electron chi connectivity index (χ2n) is 3.65. The van der Waals surface area contributed by atoms with Crippen molar-refractivity contribution < 1.29 is 13.9 Å². The highest BCUT2D eigenvalue weighted by molar-refractivity contribution is 9.10. The molecule has 1 heterocycles. The normalized spacial score (nSPS) is 10.6. The molecule has 0 aliphatic carbocycles. The van der Waals surface area contributed by atoms with Crippen molar-refractivity contribution >= 4 is 33.3 Å². The standard InChI is InChI=1S/C13H10BrClO3/c1-17-7-9-3-5-12(18-9)13(16)10-4-2-8(14)6-11(10)15/h2-6H,7H2,1H3. The number of ketones is 1.